The number of aromatic nitrogens is 3. The number of amides is 2. The highest BCUT2D eigenvalue weighted by Gasteiger charge is 2.30. The molecule has 5 rings (SSSR count). The van der Waals surface area contributed by atoms with E-state index >= 15 is 0 Å². The molecule has 0 radical (unpaired) electrons. The molecular weight excluding hydrogens is 501 g/mol. The molecule has 3 aromatic heterocycles. The number of pyridine rings is 1. The Hall–Kier alpha value is -4.51. The first kappa shape index (κ1) is 24.2. The highest BCUT2D eigenvalue weighted by Crippen LogP contribution is 2.41. The van der Waals surface area contributed by atoms with Gasteiger partial charge in [-0.2, -0.15) is 13.2 Å². The van der Waals surface area contributed by atoms with Gasteiger partial charge in [-0.3, -0.25) is 4.98 Å². The van der Waals surface area contributed by atoms with Crippen LogP contribution in [0.2, 0.25) is 0 Å². The van der Waals surface area contributed by atoms with Crippen LogP contribution in [-0.2, 0) is 12.6 Å². The van der Waals surface area contributed by atoms with E-state index in [1.165, 1.54) is 29.8 Å². The monoisotopic (exact) mass is 520 g/mol. The molecule has 0 spiro atoms. The third kappa shape index (κ3) is 5.36. The van der Waals surface area contributed by atoms with Gasteiger partial charge < -0.3 is 16.4 Å². The van der Waals surface area contributed by atoms with Crippen LogP contribution in [-0.4, -0.2) is 21.0 Å². The third-order valence-electron chi connectivity index (χ3n) is 5.56. The maximum absolute atomic E-state index is 12.9. The molecule has 0 unspecified atom stereocenters. The molecule has 2 aromatic carbocycles. The van der Waals surface area contributed by atoms with E-state index in [0.29, 0.717) is 17.9 Å². The number of carbonyl (C=O) groups excluding carboxylic acids is 1. The average Bonchev–Trinajstić information content (AvgIpc) is 3.24. The van der Waals surface area contributed by atoms with Crippen molar-refractivity contribution in [2.45, 2.75) is 12.6 Å². The van der Waals surface area contributed by atoms with Crippen LogP contribution in [0.15, 0.2) is 79.4 Å². The number of fused-ring (bicyclic) bond motifs is 1. The van der Waals surface area contributed by atoms with Crippen molar-refractivity contribution in [1.82, 2.24) is 15.0 Å². The van der Waals surface area contributed by atoms with Crippen LogP contribution in [0.1, 0.15) is 16.0 Å². The number of alkyl halides is 3. The SMILES string of the molecule is Nc1ncnc2sc(Cc3cccnc3)c(-c3ccc(NC(=O)Nc4cccc(C(F)(F)F)c4)cc3)c12. The molecule has 0 aliphatic heterocycles. The first-order valence-electron chi connectivity index (χ1n) is 11.0. The zero-order chi connectivity index (χ0) is 26.0. The van der Waals surface area contributed by atoms with Crippen molar-refractivity contribution >= 4 is 44.8 Å². The lowest BCUT2D eigenvalue weighted by Gasteiger charge is -2.11. The molecular formula is C26H19F3N6OS. The maximum atomic E-state index is 12.9. The highest BCUT2D eigenvalue weighted by atomic mass is 32.1. The predicted molar refractivity (Wildman–Crippen MR) is 138 cm³/mol. The van der Waals surface area contributed by atoms with Gasteiger partial charge >= 0.3 is 12.2 Å². The van der Waals surface area contributed by atoms with Crippen molar-refractivity contribution in [2.24, 2.45) is 0 Å². The summed E-state index contributed by atoms with van der Waals surface area (Å²) in [7, 11) is 0. The van der Waals surface area contributed by atoms with Crippen molar-refractivity contribution in [3.63, 3.8) is 0 Å². The van der Waals surface area contributed by atoms with Crippen LogP contribution in [0.4, 0.5) is 35.2 Å². The second kappa shape index (κ2) is 9.86. The summed E-state index contributed by atoms with van der Waals surface area (Å²) < 4.78 is 38.8. The largest absolute Gasteiger partial charge is 0.416 e. The molecule has 11 heteroatoms. The van der Waals surface area contributed by atoms with Crippen molar-refractivity contribution in [2.75, 3.05) is 16.4 Å². The van der Waals surface area contributed by atoms with E-state index in [9.17, 15) is 18.0 Å². The van der Waals surface area contributed by atoms with E-state index < -0.39 is 17.8 Å². The lowest BCUT2D eigenvalue weighted by atomic mass is 10.00. The van der Waals surface area contributed by atoms with Crippen LogP contribution in [0.5, 0.6) is 0 Å². The van der Waals surface area contributed by atoms with E-state index in [2.05, 4.69) is 25.6 Å². The zero-order valence-corrected chi connectivity index (χ0v) is 19.9. The van der Waals surface area contributed by atoms with Gasteiger partial charge in [-0.1, -0.05) is 24.3 Å². The van der Waals surface area contributed by atoms with E-state index in [-0.39, 0.29) is 5.69 Å². The first-order chi connectivity index (χ1) is 17.8. The minimum absolute atomic E-state index is 0.0317. The minimum Gasteiger partial charge on any atom is -0.383 e. The Balaban J connectivity index is 1.39. The van der Waals surface area contributed by atoms with Gasteiger partial charge in [0.1, 0.15) is 17.0 Å². The number of nitrogens with two attached hydrogens (primary N) is 1. The van der Waals surface area contributed by atoms with E-state index in [4.69, 9.17) is 5.73 Å². The first-order valence-corrected chi connectivity index (χ1v) is 11.9. The molecule has 0 aliphatic rings. The van der Waals surface area contributed by atoms with Gasteiger partial charge in [0.15, 0.2) is 0 Å². The fourth-order valence-corrected chi connectivity index (χ4v) is 5.11. The van der Waals surface area contributed by atoms with Crippen LogP contribution in [0, 0.1) is 0 Å². The number of thiophene rings is 1. The van der Waals surface area contributed by atoms with Gasteiger partial charge in [0.2, 0.25) is 0 Å². The number of halogens is 3. The Labute approximate surface area is 213 Å². The van der Waals surface area contributed by atoms with Gasteiger partial charge in [-0.25, -0.2) is 14.8 Å². The van der Waals surface area contributed by atoms with Gasteiger partial charge in [-0.05, 0) is 47.5 Å². The summed E-state index contributed by atoms with van der Waals surface area (Å²) in [5, 5.41) is 5.82. The van der Waals surface area contributed by atoms with E-state index in [1.54, 1.807) is 24.5 Å². The van der Waals surface area contributed by atoms with Gasteiger partial charge in [0.05, 0.1) is 10.9 Å². The number of rotatable bonds is 5. The lowest BCUT2D eigenvalue weighted by molar-refractivity contribution is -0.137. The number of benzene rings is 2. The topological polar surface area (TPSA) is 106 Å². The molecule has 0 atom stereocenters. The number of hydrogen-bond donors (Lipinski definition) is 3. The minimum atomic E-state index is -4.50. The molecule has 5 aromatic rings. The average molecular weight is 521 g/mol. The summed E-state index contributed by atoms with van der Waals surface area (Å²) in [6.07, 6.45) is 1.08. The fraction of sp³-hybridized carbons (Fsp3) is 0.0769. The number of carbonyl (C=O) groups is 1. The van der Waals surface area contributed by atoms with E-state index in [0.717, 1.165) is 43.9 Å². The molecule has 0 saturated carbocycles. The summed E-state index contributed by atoms with van der Waals surface area (Å²) in [5.74, 6) is 0.372. The molecule has 0 bridgehead atoms. The number of urea groups is 1. The summed E-state index contributed by atoms with van der Waals surface area (Å²) >= 11 is 1.53. The standard InChI is InChI=1S/C26H19F3N6OS/c27-26(28,29)17-4-1-5-19(12-17)35-25(36)34-18-8-6-16(7-9-18)21-20(11-15-3-2-10-31-13-15)37-24-22(21)23(30)32-14-33-24/h1-10,12-14H,11H2,(H2,30,32,33)(H2,34,35,36). The van der Waals surface area contributed by atoms with Gasteiger partial charge in [-0.15, -0.1) is 11.3 Å². The molecule has 186 valence electrons. The molecule has 0 saturated heterocycles. The predicted octanol–water partition coefficient (Wildman–Crippen LogP) is 6.59. The second-order valence-corrected chi connectivity index (χ2v) is 9.20. The quantitative estimate of drug-likeness (QED) is 0.242. The van der Waals surface area contributed by atoms with Crippen LogP contribution in [0.3, 0.4) is 0 Å². The van der Waals surface area contributed by atoms with E-state index in [1.807, 2.05) is 24.3 Å². The Morgan fingerprint density at radius 3 is 2.49 bits per heavy atom. The zero-order valence-electron chi connectivity index (χ0n) is 19.1. The summed E-state index contributed by atoms with van der Waals surface area (Å²) in [6.45, 7) is 0. The molecule has 0 aliphatic carbocycles. The molecule has 7 nitrogen and oxygen atoms in total. The smallest absolute Gasteiger partial charge is 0.383 e. The normalized spacial score (nSPS) is 11.4. The highest BCUT2D eigenvalue weighted by molar-refractivity contribution is 7.19. The Bertz CT molecular complexity index is 1570. The number of nitrogens with one attached hydrogen (secondary N) is 2. The van der Waals surface area contributed by atoms with Crippen molar-refractivity contribution in [3.05, 3.63) is 95.4 Å². The van der Waals surface area contributed by atoms with Gasteiger partial charge in [0, 0.05) is 40.6 Å². The fourth-order valence-electron chi connectivity index (χ4n) is 3.91. The maximum Gasteiger partial charge on any atom is 0.416 e. The number of anilines is 3. The lowest BCUT2D eigenvalue weighted by Crippen LogP contribution is -2.19. The molecule has 2 amide bonds. The molecule has 37 heavy (non-hydrogen) atoms. The Kier molecular flexibility index (Phi) is 6.45. The Morgan fingerprint density at radius 2 is 1.76 bits per heavy atom. The number of nitrogens with zero attached hydrogens (tertiary/aromatic N) is 3. The molecule has 4 N–H and O–H groups in total. The van der Waals surface area contributed by atoms with Crippen LogP contribution >= 0.6 is 11.3 Å². The molecule has 0 fully saturated rings. The summed E-state index contributed by atoms with van der Waals surface area (Å²) in [4.78, 5) is 26.9. The van der Waals surface area contributed by atoms with Crippen LogP contribution in [0.25, 0.3) is 21.3 Å². The summed E-state index contributed by atoms with van der Waals surface area (Å²) in [6, 6.07) is 14.7. The molecule has 3 heterocycles. The number of hydrogen-bond acceptors (Lipinski definition) is 6. The van der Waals surface area contributed by atoms with Crippen molar-refractivity contribution in [1.29, 1.82) is 0 Å². The van der Waals surface area contributed by atoms with Crippen molar-refractivity contribution < 1.29 is 18.0 Å². The third-order valence-corrected chi connectivity index (χ3v) is 6.65. The number of nitrogen functional groups attached to an aromatic ring is 1. The Morgan fingerprint density at radius 1 is 0.973 bits per heavy atom. The van der Waals surface area contributed by atoms with Crippen LogP contribution < -0.4 is 16.4 Å². The summed E-state index contributed by atoms with van der Waals surface area (Å²) in [5.41, 5.74) is 8.66. The second-order valence-electron chi connectivity index (χ2n) is 8.11. The van der Waals surface area contributed by atoms with Crippen molar-refractivity contribution in [3.8, 4) is 11.1 Å². The van der Waals surface area contributed by atoms with Gasteiger partial charge in [0.25, 0.3) is 0 Å².